The summed E-state index contributed by atoms with van der Waals surface area (Å²) in [4.78, 5) is 24.1. The Morgan fingerprint density at radius 3 is 1.47 bits per heavy atom. The van der Waals surface area contributed by atoms with Crippen molar-refractivity contribution in [1.29, 1.82) is 10.5 Å². The van der Waals surface area contributed by atoms with Gasteiger partial charge in [-0.3, -0.25) is 9.59 Å². The van der Waals surface area contributed by atoms with Crippen LogP contribution in [0.15, 0.2) is 84.9 Å². The van der Waals surface area contributed by atoms with E-state index in [4.69, 9.17) is 29.6 Å². The average Bonchev–Trinajstić information content (AvgIpc) is 3.13. The molecule has 0 aliphatic heterocycles. The van der Waals surface area contributed by atoms with Crippen molar-refractivity contribution in [2.75, 3.05) is 0 Å². The summed E-state index contributed by atoms with van der Waals surface area (Å²) >= 11 is -0.106. The number of rotatable bonds is 9. The van der Waals surface area contributed by atoms with E-state index in [2.05, 4.69) is 27.9 Å². The number of carbonyl (C=O) groups is 2. The first kappa shape index (κ1) is 50.2. The fraction of sp³-hybridized carbons (Fsp3) is 0.139. The molecule has 0 fully saturated rings. The molecule has 4 rings (SSSR count). The summed E-state index contributed by atoms with van der Waals surface area (Å²) in [6.45, 7) is -2.96. The molecule has 0 aromatic heterocycles. The van der Waals surface area contributed by atoms with Gasteiger partial charge in [-0.1, -0.05) is 11.8 Å². The third kappa shape index (κ3) is 19.5. The first-order chi connectivity index (χ1) is 24.8. The summed E-state index contributed by atoms with van der Waals surface area (Å²) in [5.41, 5.74) is 0.450. The van der Waals surface area contributed by atoms with Gasteiger partial charge in [-0.15, -0.1) is 0 Å². The van der Waals surface area contributed by atoms with E-state index in [0.717, 1.165) is 48.5 Å². The Balaban J connectivity index is 0. The fourth-order valence-corrected chi connectivity index (χ4v) is 3.49. The molecule has 17 heteroatoms. The molecule has 4 aromatic carbocycles. The Morgan fingerprint density at radius 2 is 1.04 bits per heavy atom. The number of hydrogen-bond acceptors (Lipinski definition) is 6. The number of carbonyl (C=O) groups excluding carboxylic acids is 2. The molecule has 0 unspecified atom stereocenters. The molecular formula is C36H27Cl2F8N2O4Pd-. The molecule has 0 heterocycles. The number of benzene rings is 4. The van der Waals surface area contributed by atoms with Gasteiger partial charge in [-0.05, 0) is 84.9 Å². The van der Waals surface area contributed by atoms with Crippen LogP contribution in [0.25, 0.3) is 0 Å². The summed E-state index contributed by atoms with van der Waals surface area (Å²) in [6, 6.07) is 18.9. The number of hydrogen-bond donors (Lipinski definition) is 0. The van der Waals surface area contributed by atoms with E-state index >= 15 is 0 Å². The standard InChI is InChI=1S/C16H10F4O3.C16H10F4O.C2H3N.CHN.CH3.2ClH.Pd/c17-8-11-7-10(3-6-13(11)18)15(22)14(21)9-1-4-12(5-2-9)23-16(19)20;17-10-13-9-12(5-8-15(13)18)2-1-11-3-6-14(7-4-11)21-16(19)20;1-2-3;1-2;;;;/h1-7,16H,8H2;3-9,16H,10H2;1H3;1H;1H3;2*1H;/q;;;;-1;;;+2/p-2. The molecule has 0 radical (unpaired) electrons. The Hall–Kier alpha value is -4.96. The predicted octanol–water partition coefficient (Wildman–Crippen LogP) is 10.8. The first-order valence-electron chi connectivity index (χ1n) is 13.6. The zero-order chi connectivity index (χ0) is 39.6. The van der Waals surface area contributed by atoms with Gasteiger partial charge < -0.3 is 16.9 Å². The van der Waals surface area contributed by atoms with Gasteiger partial charge in [0.1, 0.15) is 36.5 Å². The minimum absolute atomic E-state index is 0. The van der Waals surface area contributed by atoms with Crippen LogP contribution in [0.5, 0.6) is 11.5 Å². The van der Waals surface area contributed by atoms with Gasteiger partial charge in [0.05, 0.1) is 6.07 Å². The molecular weight excluding hydrogens is 854 g/mol. The molecule has 286 valence electrons. The number of alkyl halides is 6. The van der Waals surface area contributed by atoms with Crippen LogP contribution < -0.4 is 9.47 Å². The van der Waals surface area contributed by atoms with Crippen LogP contribution in [0, 0.1) is 54.1 Å². The van der Waals surface area contributed by atoms with Crippen molar-refractivity contribution in [1.82, 2.24) is 0 Å². The Kier molecular flexibility index (Phi) is 27.1. The Bertz CT molecular complexity index is 1830. The number of ether oxygens (including phenoxy) is 2. The van der Waals surface area contributed by atoms with Gasteiger partial charge in [-0.2, -0.15) is 22.8 Å². The molecule has 4 aromatic rings. The van der Waals surface area contributed by atoms with Gasteiger partial charge in [-0.25, -0.2) is 22.8 Å². The summed E-state index contributed by atoms with van der Waals surface area (Å²) in [7, 11) is 9.63. The third-order valence-corrected chi connectivity index (χ3v) is 5.62. The van der Waals surface area contributed by atoms with Gasteiger partial charge >= 0.3 is 48.2 Å². The van der Waals surface area contributed by atoms with E-state index in [9.17, 15) is 44.7 Å². The maximum atomic E-state index is 13.2. The second kappa shape index (κ2) is 28.6. The van der Waals surface area contributed by atoms with Crippen molar-refractivity contribution in [2.45, 2.75) is 33.5 Å². The second-order valence-corrected chi connectivity index (χ2v) is 11.2. The maximum absolute atomic E-state index is 13.2. The Morgan fingerprint density at radius 1 is 0.698 bits per heavy atom. The molecule has 0 saturated carbocycles. The molecule has 0 spiro atoms. The molecule has 0 amide bonds. The summed E-state index contributed by atoms with van der Waals surface area (Å²) in [5, 5.41) is 13.8. The number of halogens is 10. The van der Waals surface area contributed by atoms with E-state index in [1.165, 1.54) is 43.3 Å². The molecule has 0 saturated heterocycles. The van der Waals surface area contributed by atoms with Crippen LogP contribution in [-0.2, 0) is 29.3 Å². The van der Waals surface area contributed by atoms with Crippen LogP contribution in [0.2, 0.25) is 0 Å². The summed E-state index contributed by atoms with van der Waals surface area (Å²) in [6.07, 6.45) is 0. The average molecular weight is 881 g/mol. The molecule has 0 bridgehead atoms. The van der Waals surface area contributed by atoms with E-state index in [1.54, 1.807) is 6.07 Å². The number of Topliss-reactive ketones (excluding diaryl/α,β-unsaturated/α-hetero) is 2. The van der Waals surface area contributed by atoms with Crippen LogP contribution >= 0.6 is 19.1 Å². The molecule has 6 nitrogen and oxygen atoms in total. The molecule has 0 N–H and O–H groups in total. The van der Waals surface area contributed by atoms with Crippen molar-refractivity contribution in [3.05, 3.63) is 137 Å². The third-order valence-electron chi connectivity index (χ3n) is 5.62. The Labute approximate surface area is 317 Å². The van der Waals surface area contributed by atoms with E-state index in [1.807, 2.05) is 0 Å². The zero-order valence-corrected chi connectivity index (χ0v) is 30.4. The van der Waals surface area contributed by atoms with Crippen molar-refractivity contribution < 1.29 is 70.1 Å². The monoisotopic (exact) mass is 879 g/mol. The fourth-order valence-electron chi connectivity index (χ4n) is 3.49. The topological polar surface area (TPSA) is 100 Å². The van der Waals surface area contributed by atoms with Crippen molar-refractivity contribution in [3.8, 4) is 36.0 Å². The summed E-state index contributed by atoms with van der Waals surface area (Å²) in [5.74, 6) is 2.09. The minimum atomic E-state index is -3.00. The van der Waals surface area contributed by atoms with Crippen LogP contribution in [0.1, 0.15) is 49.9 Å². The normalized spacial score (nSPS) is 9.25. The zero-order valence-electron chi connectivity index (χ0n) is 27.4. The van der Waals surface area contributed by atoms with Crippen LogP contribution in [-0.4, -0.2) is 24.8 Å². The number of nitrogens with zero attached hydrogens (tertiary/aromatic N) is 2. The van der Waals surface area contributed by atoms with E-state index < -0.39 is 49.8 Å². The summed E-state index contributed by atoms with van der Waals surface area (Å²) < 4.78 is 108. The first-order valence-corrected chi connectivity index (χ1v) is 17.6. The van der Waals surface area contributed by atoms with Crippen molar-refractivity contribution in [3.63, 3.8) is 0 Å². The SMILES string of the molecule is C#N.CC#N.FCc1cc(C#Cc2ccc(OC(F)F)cc2)ccc1F.O=C(C(=O)c1ccc(F)c(CF)c1)c1ccc(OC(F)F)cc1.[CH3-].[Cl][Pd][Cl]. The number of ketones is 2. The van der Waals surface area contributed by atoms with Gasteiger partial charge in [0.15, 0.2) is 0 Å². The predicted molar refractivity (Wildman–Crippen MR) is 179 cm³/mol. The van der Waals surface area contributed by atoms with Gasteiger partial charge in [0.25, 0.3) is 0 Å². The van der Waals surface area contributed by atoms with Crippen LogP contribution in [0.3, 0.4) is 0 Å². The van der Waals surface area contributed by atoms with E-state index in [-0.39, 0.29) is 57.1 Å². The number of nitriles is 2. The van der Waals surface area contributed by atoms with Crippen molar-refractivity contribution >= 4 is 30.6 Å². The second-order valence-electron chi connectivity index (χ2n) is 8.86. The van der Waals surface area contributed by atoms with Crippen molar-refractivity contribution in [2.24, 2.45) is 0 Å². The van der Waals surface area contributed by atoms with E-state index in [0.29, 0.717) is 11.1 Å². The quantitative estimate of drug-likeness (QED) is 0.0415. The molecule has 0 aliphatic carbocycles. The van der Waals surface area contributed by atoms with Crippen LogP contribution in [0.4, 0.5) is 35.1 Å². The molecule has 0 aliphatic rings. The molecule has 53 heavy (non-hydrogen) atoms. The molecule has 0 atom stereocenters. The van der Waals surface area contributed by atoms with Gasteiger partial charge in [0.2, 0.25) is 11.6 Å². The van der Waals surface area contributed by atoms with Gasteiger partial charge in [0, 0.05) is 46.9 Å².